The number of aromatic nitrogens is 1. The maximum absolute atomic E-state index is 12.7. The molecule has 0 aliphatic carbocycles. The van der Waals surface area contributed by atoms with Crippen LogP contribution < -0.4 is 14.4 Å². The summed E-state index contributed by atoms with van der Waals surface area (Å²) in [7, 11) is 1.58. The van der Waals surface area contributed by atoms with Crippen LogP contribution >= 0.6 is 11.3 Å². The second-order valence-corrected chi connectivity index (χ2v) is 8.50. The van der Waals surface area contributed by atoms with Crippen molar-refractivity contribution in [1.29, 1.82) is 0 Å². The number of methoxy groups -OCH3 is 1. The van der Waals surface area contributed by atoms with E-state index in [2.05, 4.69) is 11.1 Å². The van der Waals surface area contributed by atoms with Crippen molar-refractivity contribution in [2.75, 3.05) is 25.2 Å². The van der Waals surface area contributed by atoms with Gasteiger partial charge in [-0.1, -0.05) is 6.07 Å². The standard InChI is InChI=1S/C24H24N2O5S/c1-15(31-20-7-5-19(29-3)6-8-20)24(28)30-13-23(27)26-11-10-18-12-17(4-9-22(18)26)21-14-32-16(2)25-21/h4-9,12,14-15H,10-11,13H2,1-3H3. The number of anilines is 1. The Morgan fingerprint density at radius 2 is 1.91 bits per heavy atom. The number of esters is 1. The van der Waals surface area contributed by atoms with E-state index in [9.17, 15) is 9.59 Å². The molecule has 0 bridgehead atoms. The molecule has 0 fully saturated rings. The second kappa shape index (κ2) is 9.40. The van der Waals surface area contributed by atoms with E-state index in [1.807, 2.05) is 24.4 Å². The van der Waals surface area contributed by atoms with Crippen LogP contribution in [0.25, 0.3) is 11.3 Å². The van der Waals surface area contributed by atoms with Crippen molar-refractivity contribution in [3.8, 4) is 22.8 Å². The monoisotopic (exact) mass is 452 g/mol. The molecule has 1 aliphatic rings. The summed E-state index contributed by atoms with van der Waals surface area (Å²) >= 11 is 1.61. The van der Waals surface area contributed by atoms with Crippen LogP contribution in [0.3, 0.4) is 0 Å². The minimum absolute atomic E-state index is 0.258. The quantitative estimate of drug-likeness (QED) is 0.504. The largest absolute Gasteiger partial charge is 0.497 e. The van der Waals surface area contributed by atoms with Crippen molar-refractivity contribution in [2.45, 2.75) is 26.4 Å². The third-order valence-electron chi connectivity index (χ3n) is 5.23. The molecular formula is C24H24N2O5S. The van der Waals surface area contributed by atoms with E-state index < -0.39 is 12.1 Å². The number of carbonyl (C=O) groups is 2. The van der Waals surface area contributed by atoms with Gasteiger partial charge in [-0.2, -0.15) is 0 Å². The second-order valence-electron chi connectivity index (χ2n) is 7.43. The lowest BCUT2D eigenvalue weighted by Gasteiger charge is -2.19. The number of fused-ring (bicyclic) bond motifs is 1. The van der Waals surface area contributed by atoms with Crippen molar-refractivity contribution in [3.63, 3.8) is 0 Å². The number of hydrogen-bond donors (Lipinski definition) is 0. The van der Waals surface area contributed by atoms with Gasteiger partial charge in [-0.05, 0) is 62.2 Å². The molecule has 1 atom stereocenters. The first kappa shape index (κ1) is 21.8. The van der Waals surface area contributed by atoms with Crippen LogP contribution in [0.1, 0.15) is 17.5 Å². The van der Waals surface area contributed by atoms with Gasteiger partial charge in [0, 0.05) is 23.2 Å². The number of aryl methyl sites for hydroxylation is 1. The Morgan fingerprint density at radius 1 is 1.16 bits per heavy atom. The lowest BCUT2D eigenvalue weighted by molar-refractivity contribution is -0.154. The number of rotatable bonds is 7. The number of benzene rings is 2. The minimum Gasteiger partial charge on any atom is -0.497 e. The van der Waals surface area contributed by atoms with E-state index in [1.165, 1.54) is 0 Å². The molecule has 7 nitrogen and oxygen atoms in total. The molecule has 2 aromatic carbocycles. The van der Waals surface area contributed by atoms with Crippen LogP contribution in [0.15, 0.2) is 47.8 Å². The fraction of sp³-hybridized carbons (Fsp3) is 0.292. The van der Waals surface area contributed by atoms with Gasteiger partial charge in [0.25, 0.3) is 5.91 Å². The molecule has 1 aromatic heterocycles. The highest BCUT2D eigenvalue weighted by Crippen LogP contribution is 2.32. The molecule has 8 heteroatoms. The van der Waals surface area contributed by atoms with E-state index in [0.717, 1.165) is 33.9 Å². The molecule has 0 N–H and O–H groups in total. The van der Waals surface area contributed by atoms with Gasteiger partial charge in [0.2, 0.25) is 0 Å². The summed E-state index contributed by atoms with van der Waals surface area (Å²) < 4.78 is 15.9. The van der Waals surface area contributed by atoms with E-state index in [4.69, 9.17) is 14.2 Å². The first-order valence-electron chi connectivity index (χ1n) is 10.3. The van der Waals surface area contributed by atoms with Gasteiger partial charge < -0.3 is 19.1 Å². The molecule has 1 aliphatic heterocycles. The summed E-state index contributed by atoms with van der Waals surface area (Å²) in [5.41, 5.74) is 3.92. The maximum atomic E-state index is 12.7. The van der Waals surface area contributed by atoms with Gasteiger partial charge in [0.1, 0.15) is 11.5 Å². The highest BCUT2D eigenvalue weighted by Gasteiger charge is 2.27. The first-order chi connectivity index (χ1) is 15.4. The summed E-state index contributed by atoms with van der Waals surface area (Å²) in [5.74, 6) is 0.355. The van der Waals surface area contributed by atoms with Gasteiger partial charge in [-0.15, -0.1) is 11.3 Å². The summed E-state index contributed by atoms with van der Waals surface area (Å²) in [6, 6.07) is 12.9. The molecule has 0 radical (unpaired) electrons. The Labute approximate surface area is 190 Å². The zero-order valence-electron chi connectivity index (χ0n) is 18.2. The summed E-state index contributed by atoms with van der Waals surface area (Å²) in [5, 5.41) is 3.05. The zero-order chi connectivity index (χ0) is 22.7. The molecule has 2 heterocycles. The average Bonchev–Trinajstić information content (AvgIpc) is 3.43. The van der Waals surface area contributed by atoms with E-state index in [1.54, 1.807) is 54.5 Å². The summed E-state index contributed by atoms with van der Waals surface area (Å²) in [6.07, 6.45) is -0.0886. The minimum atomic E-state index is -0.841. The van der Waals surface area contributed by atoms with E-state index in [-0.39, 0.29) is 12.5 Å². The number of ether oxygens (including phenoxy) is 3. The van der Waals surface area contributed by atoms with Gasteiger partial charge in [0.15, 0.2) is 12.7 Å². The van der Waals surface area contributed by atoms with Crippen LogP contribution in [-0.4, -0.2) is 43.2 Å². The molecule has 1 unspecified atom stereocenters. The van der Waals surface area contributed by atoms with Crippen LogP contribution in [0.2, 0.25) is 0 Å². The average molecular weight is 453 g/mol. The number of thiazole rings is 1. The molecule has 3 aromatic rings. The molecular weight excluding hydrogens is 428 g/mol. The van der Waals surface area contributed by atoms with Crippen molar-refractivity contribution in [3.05, 3.63) is 58.4 Å². The van der Waals surface area contributed by atoms with E-state index in [0.29, 0.717) is 18.0 Å². The van der Waals surface area contributed by atoms with Gasteiger partial charge in [-0.25, -0.2) is 9.78 Å². The third-order valence-corrected chi connectivity index (χ3v) is 6.01. The highest BCUT2D eigenvalue weighted by atomic mass is 32.1. The number of amides is 1. The molecule has 166 valence electrons. The smallest absolute Gasteiger partial charge is 0.347 e. The molecule has 1 amide bonds. The molecule has 0 saturated heterocycles. The normalized spacial score (nSPS) is 13.4. The highest BCUT2D eigenvalue weighted by molar-refractivity contribution is 7.09. The molecule has 0 spiro atoms. The first-order valence-corrected chi connectivity index (χ1v) is 11.2. The summed E-state index contributed by atoms with van der Waals surface area (Å²) in [4.78, 5) is 31.2. The topological polar surface area (TPSA) is 78.0 Å². The molecule has 32 heavy (non-hydrogen) atoms. The Kier molecular flexibility index (Phi) is 6.41. The number of hydrogen-bond acceptors (Lipinski definition) is 7. The van der Waals surface area contributed by atoms with Crippen LogP contribution in [0.5, 0.6) is 11.5 Å². The Hall–Kier alpha value is -3.39. The van der Waals surface area contributed by atoms with Crippen molar-refractivity contribution in [1.82, 2.24) is 4.98 Å². The van der Waals surface area contributed by atoms with Crippen LogP contribution in [-0.2, 0) is 20.7 Å². The van der Waals surface area contributed by atoms with Gasteiger partial charge >= 0.3 is 5.97 Å². The lowest BCUT2D eigenvalue weighted by Crippen LogP contribution is -2.35. The Morgan fingerprint density at radius 3 is 2.59 bits per heavy atom. The van der Waals surface area contributed by atoms with Crippen molar-refractivity contribution in [2.24, 2.45) is 0 Å². The lowest BCUT2D eigenvalue weighted by atomic mass is 10.1. The fourth-order valence-corrected chi connectivity index (χ4v) is 4.17. The van der Waals surface area contributed by atoms with Crippen molar-refractivity contribution < 1.29 is 23.8 Å². The number of carbonyl (C=O) groups excluding carboxylic acids is 2. The SMILES string of the molecule is COc1ccc(OC(C)C(=O)OCC(=O)N2CCc3cc(-c4csc(C)n4)ccc32)cc1. The van der Waals surface area contributed by atoms with Crippen LogP contribution in [0, 0.1) is 6.92 Å². The maximum Gasteiger partial charge on any atom is 0.347 e. The predicted octanol–water partition coefficient (Wildman–Crippen LogP) is 4.03. The Bertz CT molecular complexity index is 1130. The van der Waals surface area contributed by atoms with E-state index >= 15 is 0 Å². The number of nitrogens with zero attached hydrogens (tertiary/aromatic N) is 2. The Balaban J connectivity index is 1.33. The van der Waals surface area contributed by atoms with Crippen LogP contribution in [0.4, 0.5) is 5.69 Å². The zero-order valence-corrected chi connectivity index (χ0v) is 19.0. The fourth-order valence-electron chi connectivity index (χ4n) is 3.55. The summed E-state index contributed by atoms with van der Waals surface area (Å²) in [6.45, 7) is 3.79. The van der Waals surface area contributed by atoms with Gasteiger partial charge in [0.05, 0.1) is 17.8 Å². The predicted molar refractivity (Wildman–Crippen MR) is 122 cm³/mol. The van der Waals surface area contributed by atoms with Gasteiger partial charge in [-0.3, -0.25) is 4.79 Å². The van der Waals surface area contributed by atoms with Crippen molar-refractivity contribution >= 4 is 28.9 Å². The third kappa shape index (κ3) is 4.75. The molecule has 4 rings (SSSR count). The molecule has 0 saturated carbocycles.